The minimum Gasteiger partial charge on any atom is -0.306 e. The predicted molar refractivity (Wildman–Crippen MR) is 43.9 cm³/mol. The second-order valence-corrected chi connectivity index (χ2v) is 3.26. The lowest BCUT2D eigenvalue weighted by Gasteiger charge is -2.34. The lowest BCUT2D eigenvalue weighted by atomic mass is 9.90. The quantitative estimate of drug-likeness (QED) is 0.658. The summed E-state index contributed by atoms with van der Waals surface area (Å²) in [6.45, 7) is -0.0171. The van der Waals surface area contributed by atoms with Crippen LogP contribution in [0.4, 0.5) is 26.3 Å². The predicted octanol–water partition coefficient (Wildman–Crippen LogP) is 2.90. The van der Waals surface area contributed by atoms with E-state index in [-0.39, 0.29) is 25.4 Å². The Morgan fingerprint density at radius 3 is 1.80 bits per heavy atom. The Hall–Kier alpha value is -0.170. The van der Waals surface area contributed by atoms with Crippen molar-refractivity contribution in [3.05, 3.63) is 0 Å². The van der Waals surface area contributed by atoms with E-state index in [2.05, 4.69) is 0 Å². The maximum atomic E-state index is 12.2. The number of hydrogen-bond donors (Lipinski definition) is 1. The van der Waals surface area contributed by atoms with Crippen LogP contribution in [0.5, 0.6) is 0 Å². The highest BCUT2D eigenvalue weighted by molar-refractivity contribution is 5.85. The summed E-state index contributed by atoms with van der Waals surface area (Å²) in [5.41, 5.74) is 0. The molecule has 0 aliphatic carbocycles. The number of nitrogens with one attached hydrogen (secondary N) is 1. The Morgan fingerprint density at radius 2 is 1.47 bits per heavy atom. The zero-order valence-corrected chi connectivity index (χ0v) is 8.27. The van der Waals surface area contributed by atoms with Crippen LogP contribution in [0, 0.1) is 5.92 Å². The van der Waals surface area contributed by atoms with Crippen LogP contribution >= 0.6 is 12.4 Å². The van der Waals surface area contributed by atoms with E-state index in [0.29, 0.717) is 0 Å². The second kappa shape index (κ2) is 4.78. The van der Waals surface area contributed by atoms with Crippen molar-refractivity contribution in [2.45, 2.75) is 31.2 Å². The molecule has 15 heavy (non-hydrogen) atoms. The van der Waals surface area contributed by atoms with Crippen LogP contribution in [-0.4, -0.2) is 24.9 Å². The second-order valence-electron chi connectivity index (χ2n) is 3.26. The molecule has 2 atom stereocenters. The molecule has 0 radical (unpaired) electrons. The zero-order chi connectivity index (χ0) is 11.0. The van der Waals surface area contributed by atoms with Crippen molar-refractivity contribution in [3.63, 3.8) is 0 Å². The van der Waals surface area contributed by atoms with Crippen LogP contribution in [-0.2, 0) is 0 Å². The Kier molecular flexibility index (Phi) is 4.72. The van der Waals surface area contributed by atoms with Crippen LogP contribution in [0.15, 0.2) is 0 Å². The van der Waals surface area contributed by atoms with E-state index in [1.807, 2.05) is 5.32 Å². The van der Waals surface area contributed by atoms with Crippen molar-refractivity contribution in [2.24, 2.45) is 5.92 Å². The largest absolute Gasteiger partial charge is 0.404 e. The van der Waals surface area contributed by atoms with E-state index in [0.717, 1.165) is 0 Å². The average molecular weight is 258 g/mol. The first-order valence-corrected chi connectivity index (χ1v) is 4.10. The third-order valence-electron chi connectivity index (χ3n) is 2.23. The number of rotatable bonds is 0. The molecule has 1 rings (SSSR count). The Labute approximate surface area is 88.6 Å². The molecule has 0 aromatic carbocycles. The maximum absolute atomic E-state index is 12.2. The molecule has 1 aliphatic rings. The van der Waals surface area contributed by atoms with E-state index in [1.54, 1.807) is 0 Å². The van der Waals surface area contributed by atoms with Gasteiger partial charge in [-0.05, 0) is 19.4 Å². The fraction of sp³-hybridized carbons (Fsp3) is 1.00. The van der Waals surface area contributed by atoms with Crippen LogP contribution < -0.4 is 5.32 Å². The van der Waals surface area contributed by atoms with Gasteiger partial charge in [0.05, 0.1) is 5.92 Å². The standard InChI is InChI=1S/C7H9F6N.ClH/c8-6(9,10)4-2-1-3-14-5(4)7(11,12)13;/h4-5,14H,1-3H2;1H. The lowest BCUT2D eigenvalue weighted by Crippen LogP contribution is -2.55. The average Bonchev–Trinajstić information content (AvgIpc) is 2.01. The molecule has 1 fully saturated rings. The SMILES string of the molecule is Cl.FC(F)(F)C1CCCNC1C(F)(F)F. The van der Waals surface area contributed by atoms with Gasteiger partial charge in [0.1, 0.15) is 6.04 Å². The lowest BCUT2D eigenvalue weighted by molar-refractivity contribution is -0.242. The topological polar surface area (TPSA) is 12.0 Å². The first-order valence-electron chi connectivity index (χ1n) is 4.10. The van der Waals surface area contributed by atoms with Crippen molar-refractivity contribution in [3.8, 4) is 0 Å². The van der Waals surface area contributed by atoms with Gasteiger partial charge in [0.25, 0.3) is 0 Å². The van der Waals surface area contributed by atoms with Gasteiger partial charge >= 0.3 is 12.4 Å². The summed E-state index contributed by atoms with van der Waals surface area (Å²) in [5.74, 6) is -2.31. The summed E-state index contributed by atoms with van der Waals surface area (Å²) >= 11 is 0. The van der Waals surface area contributed by atoms with Crippen molar-refractivity contribution < 1.29 is 26.3 Å². The van der Waals surface area contributed by atoms with Gasteiger partial charge in [-0.2, -0.15) is 26.3 Å². The molecule has 0 bridgehead atoms. The molecule has 0 aromatic heterocycles. The molecular formula is C7H10ClF6N. The van der Waals surface area contributed by atoms with Crippen molar-refractivity contribution in [1.82, 2.24) is 5.32 Å². The minimum absolute atomic E-state index is 0. The molecule has 0 spiro atoms. The summed E-state index contributed by atoms with van der Waals surface area (Å²) in [4.78, 5) is 0. The van der Waals surface area contributed by atoms with Gasteiger partial charge in [-0.1, -0.05) is 0 Å². The third-order valence-corrected chi connectivity index (χ3v) is 2.23. The Morgan fingerprint density at radius 1 is 0.933 bits per heavy atom. The van der Waals surface area contributed by atoms with Gasteiger partial charge in [0, 0.05) is 0 Å². The third kappa shape index (κ3) is 3.71. The Bertz CT molecular complexity index is 179. The van der Waals surface area contributed by atoms with Crippen molar-refractivity contribution in [1.29, 1.82) is 0 Å². The fourth-order valence-corrected chi connectivity index (χ4v) is 1.58. The monoisotopic (exact) mass is 257 g/mol. The van der Waals surface area contributed by atoms with E-state index in [4.69, 9.17) is 0 Å². The minimum atomic E-state index is -4.83. The highest BCUT2D eigenvalue weighted by Gasteiger charge is 2.55. The molecule has 1 N–H and O–H groups in total. The molecule has 1 nitrogen and oxygen atoms in total. The number of hydrogen-bond acceptors (Lipinski definition) is 1. The Balaban J connectivity index is 0.00000196. The molecule has 1 heterocycles. The van der Waals surface area contributed by atoms with E-state index in [9.17, 15) is 26.3 Å². The highest BCUT2D eigenvalue weighted by atomic mass is 35.5. The highest BCUT2D eigenvalue weighted by Crippen LogP contribution is 2.40. The summed E-state index contributed by atoms with van der Waals surface area (Å²) in [6.07, 6.45) is -9.95. The smallest absolute Gasteiger partial charge is 0.306 e. The van der Waals surface area contributed by atoms with E-state index < -0.39 is 30.7 Å². The van der Waals surface area contributed by atoms with Crippen LogP contribution in [0.2, 0.25) is 0 Å². The van der Waals surface area contributed by atoms with Crippen molar-refractivity contribution in [2.75, 3.05) is 6.54 Å². The van der Waals surface area contributed by atoms with Crippen LogP contribution in [0.3, 0.4) is 0 Å². The maximum Gasteiger partial charge on any atom is 0.404 e. The fourth-order valence-electron chi connectivity index (χ4n) is 1.58. The summed E-state index contributed by atoms with van der Waals surface area (Å²) in [7, 11) is 0. The molecule has 1 saturated heterocycles. The zero-order valence-electron chi connectivity index (χ0n) is 7.45. The summed E-state index contributed by atoms with van der Waals surface area (Å²) < 4.78 is 73.0. The van der Waals surface area contributed by atoms with Crippen LogP contribution in [0.25, 0.3) is 0 Å². The van der Waals surface area contributed by atoms with Gasteiger partial charge < -0.3 is 5.32 Å². The van der Waals surface area contributed by atoms with Crippen LogP contribution in [0.1, 0.15) is 12.8 Å². The first-order chi connectivity index (χ1) is 6.23. The number of halogens is 7. The van der Waals surface area contributed by atoms with Gasteiger partial charge in [-0.3, -0.25) is 0 Å². The summed E-state index contributed by atoms with van der Waals surface area (Å²) in [5, 5.41) is 1.87. The van der Waals surface area contributed by atoms with Gasteiger partial charge in [0.2, 0.25) is 0 Å². The molecule has 1 aliphatic heterocycles. The van der Waals surface area contributed by atoms with Gasteiger partial charge in [-0.25, -0.2) is 0 Å². The van der Waals surface area contributed by atoms with Gasteiger partial charge in [-0.15, -0.1) is 12.4 Å². The molecule has 0 saturated carbocycles. The molecule has 8 heteroatoms. The molecule has 0 aromatic rings. The van der Waals surface area contributed by atoms with Gasteiger partial charge in [0.15, 0.2) is 0 Å². The molecule has 92 valence electrons. The number of piperidine rings is 1. The first kappa shape index (κ1) is 14.8. The number of alkyl halides is 6. The molecular weight excluding hydrogens is 248 g/mol. The normalized spacial score (nSPS) is 28.4. The van der Waals surface area contributed by atoms with E-state index >= 15 is 0 Å². The molecule has 2 unspecified atom stereocenters. The summed E-state index contributed by atoms with van der Waals surface area (Å²) in [6, 6.07) is -2.45. The van der Waals surface area contributed by atoms with Crippen molar-refractivity contribution >= 4 is 12.4 Å². The molecule has 0 amide bonds. The van der Waals surface area contributed by atoms with E-state index in [1.165, 1.54) is 0 Å².